The van der Waals surface area contributed by atoms with Crippen LogP contribution in [0.25, 0.3) is 0 Å². The van der Waals surface area contributed by atoms with Crippen LogP contribution < -0.4 is 5.73 Å². The average molecular weight is 279 g/mol. The first-order valence-corrected chi connectivity index (χ1v) is 8.03. The molecule has 0 aromatic carbocycles. The van der Waals surface area contributed by atoms with Crippen LogP contribution in [0.1, 0.15) is 76.9 Å². The molecule has 0 unspecified atom stereocenters. The van der Waals surface area contributed by atoms with Crippen LogP contribution in [-0.4, -0.2) is 16.7 Å². The van der Waals surface area contributed by atoms with E-state index in [1.807, 2.05) is 0 Å². The van der Waals surface area contributed by atoms with Gasteiger partial charge in [0.05, 0.1) is 0 Å². The summed E-state index contributed by atoms with van der Waals surface area (Å²) in [5.41, 5.74) is 5.92. The van der Waals surface area contributed by atoms with Crippen LogP contribution in [0.15, 0.2) is 4.52 Å². The minimum atomic E-state index is 0.426. The molecular formula is C16H29N3O. The third-order valence-corrected chi connectivity index (χ3v) is 4.65. The maximum atomic E-state index is 5.50. The summed E-state index contributed by atoms with van der Waals surface area (Å²) in [6, 6.07) is 0. The summed E-state index contributed by atoms with van der Waals surface area (Å²) in [7, 11) is 0. The van der Waals surface area contributed by atoms with Crippen molar-refractivity contribution in [2.45, 2.75) is 71.6 Å². The maximum Gasteiger partial charge on any atom is 0.226 e. The lowest BCUT2D eigenvalue weighted by molar-refractivity contribution is 0.166. The zero-order chi connectivity index (χ0) is 14.6. The Morgan fingerprint density at radius 3 is 2.45 bits per heavy atom. The van der Waals surface area contributed by atoms with Crippen molar-refractivity contribution in [1.82, 2.24) is 10.1 Å². The second kappa shape index (κ2) is 6.70. The number of nitrogens with two attached hydrogens (primary N) is 1. The minimum Gasteiger partial charge on any atom is -0.339 e. The van der Waals surface area contributed by atoms with Gasteiger partial charge in [0.1, 0.15) is 0 Å². The molecule has 114 valence electrons. The number of aryl methyl sites for hydroxylation is 1. The van der Waals surface area contributed by atoms with Crippen LogP contribution in [0.4, 0.5) is 0 Å². The summed E-state index contributed by atoms with van der Waals surface area (Å²) in [6.07, 6.45) is 7.88. The molecule has 2 N–H and O–H groups in total. The SMILES string of the molecule is CC(C)(C)C1CCC(c2noc(CCCCN)n2)CC1. The first kappa shape index (κ1) is 15.5. The highest BCUT2D eigenvalue weighted by Gasteiger charge is 2.31. The fourth-order valence-electron chi connectivity index (χ4n) is 3.17. The number of nitrogens with zero attached hydrogens (tertiary/aromatic N) is 2. The molecule has 1 saturated carbocycles. The van der Waals surface area contributed by atoms with Gasteiger partial charge in [0.15, 0.2) is 5.82 Å². The first-order chi connectivity index (χ1) is 9.50. The Balaban J connectivity index is 1.84. The van der Waals surface area contributed by atoms with Crippen LogP contribution >= 0.6 is 0 Å². The molecule has 0 amide bonds. The van der Waals surface area contributed by atoms with Gasteiger partial charge in [0, 0.05) is 12.3 Å². The minimum absolute atomic E-state index is 0.426. The van der Waals surface area contributed by atoms with Gasteiger partial charge in [-0.05, 0) is 56.4 Å². The van der Waals surface area contributed by atoms with Crippen LogP contribution in [0.2, 0.25) is 0 Å². The van der Waals surface area contributed by atoms with E-state index in [2.05, 4.69) is 30.9 Å². The van der Waals surface area contributed by atoms with Crippen LogP contribution in [0.5, 0.6) is 0 Å². The summed E-state index contributed by atoms with van der Waals surface area (Å²) in [6.45, 7) is 7.78. The zero-order valence-corrected chi connectivity index (χ0v) is 13.2. The molecule has 20 heavy (non-hydrogen) atoms. The summed E-state index contributed by atoms with van der Waals surface area (Å²) in [4.78, 5) is 4.57. The standard InChI is InChI=1S/C16H29N3O/c1-16(2,3)13-9-7-12(8-10-13)15-18-14(20-19-15)6-4-5-11-17/h12-13H,4-11,17H2,1-3H3. The molecule has 1 fully saturated rings. The maximum absolute atomic E-state index is 5.50. The van der Waals surface area contributed by atoms with Gasteiger partial charge >= 0.3 is 0 Å². The molecule has 0 spiro atoms. The Morgan fingerprint density at radius 2 is 1.85 bits per heavy atom. The fourth-order valence-corrected chi connectivity index (χ4v) is 3.17. The largest absolute Gasteiger partial charge is 0.339 e. The molecule has 0 saturated heterocycles. The fraction of sp³-hybridized carbons (Fsp3) is 0.875. The second-order valence-electron chi connectivity index (χ2n) is 7.21. The van der Waals surface area contributed by atoms with Crippen LogP contribution in [0, 0.1) is 11.3 Å². The third kappa shape index (κ3) is 4.05. The molecule has 1 heterocycles. The van der Waals surface area contributed by atoms with Crippen molar-refractivity contribution in [3.8, 4) is 0 Å². The predicted octanol–water partition coefficient (Wildman–Crippen LogP) is 3.67. The van der Waals surface area contributed by atoms with Crippen molar-refractivity contribution < 1.29 is 4.52 Å². The summed E-state index contributed by atoms with van der Waals surface area (Å²) in [5, 5.41) is 4.19. The molecule has 0 atom stereocenters. The van der Waals surface area contributed by atoms with E-state index in [9.17, 15) is 0 Å². The highest BCUT2D eigenvalue weighted by molar-refractivity contribution is 4.98. The van der Waals surface area contributed by atoms with E-state index in [-0.39, 0.29) is 0 Å². The van der Waals surface area contributed by atoms with Gasteiger partial charge in [-0.15, -0.1) is 0 Å². The van der Waals surface area contributed by atoms with Crippen LogP contribution in [0.3, 0.4) is 0 Å². The second-order valence-corrected chi connectivity index (χ2v) is 7.21. The molecule has 1 aliphatic rings. The summed E-state index contributed by atoms with van der Waals surface area (Å²) >= 11 is 0. The highest BCUT2D eigenvalue weighted by atomic mass is 16.5. The van der Waals surface area contributed by atoms with E-state index in [0.29, 0.717) is 11.3 Å². The van der Waals surface area contributed by atoms with Gasteiger partial charge in [-0.3, -0.25) is 0 Å². The number of unbranched alkanes of at least 4 members (excludes halogenated alkanes) is 1. The molecule has 0 bridgehead atoms. The lowest BCUT2D eigenvalue weighted by atomic mass is 9.70. The molecule has 4 nitrogen and oxygen atoms in total. The van der Waals surface area contributed by atoms with Crippen LogP contribution in [-0.2, 0) is 6.42 Å². The normalized spacial score (nSPS) is 24.0. The lowest BCUT2D eigenvalue weighted by Gasteiger charge is -2.36. The predicted molar refractivity (Wildman–Crippen MR) is 80.4 cm³/mol. The molecular weight excluding hydrogens is 250 g/mol. The van der Waals surface area contributed by atoms with E-state index < -0.39 is 0 Å². The summed E-state index contributed by atoms with van der Waals surface area (Å²) in [5.74, 6) is 3.04. The Hall–Kier alpha value is -0.900. The van der Waals surface area contributed by atoms with Crippen molar-refractivity contribution in [3.05, 3.63) is 11.7 Å². The molecule has 1 aliphatic carbocycles. The topological polar surface area (TPSA) is 64.9 Å². The number of rotatable bonds is 5. The smallest absolute Gasteiger partial charge is 0.226 e. The quantitative estimate of drug-likeness (QED) is 0.835. The van der Waals surface area contributed by atoms with Crippen molar-refractivity contribution in [2.75, 3.05) is 6.54 Å². The van der Waals surface area contributed by atoms with Crippen molar-refractivity contribution in [3.63, 3.8) is 0 Å². The number of aromatic nitrogens is 2. The van der Waals surface area contributed by atoms with Crippen molar-refractivity contribution in [2.24, 2.45) is 17.1 Å². The van der Waals surface area contributed by atoms with Crippen molar-refractivity contribution >= 4 is 0 Å². The van der Waals surface area contributed by atoms with E-state index in [0.717, 1.165) is 43.4 Å². The molecule has 0 aliphatic heterocycles. The first-order valence-electron chi connectivity index (χ1n) is 8.03. The Bertz CT molecular complexity index is 400. The van der Waals surface area contributed by atoms with Gasteiger partial charge in [0.25, 0.3) is 0 Å². The highest BCUT2D eigenvalue weighted by Crippen LogP contribution is 2.42. The molecule has 1 aromatic rings. The monoisotopic (exact) mass is 279 g/mol. The Labute approximate surface area is 122 Å². The van der Waals surface area contributed by atoms with Gasteiger partial charge in [0.2, 0.25) is 5.89 Å². The van der Waals surface area contributed by atoms with Crippen molar-refractivity contribution in [1.29, 1.82) is 0 Å². The average Bonchev–Trinajstić information content (AvgIpc) is 2.87. The van der Waals surface area contributed by atoms with E-state index in [1.165, 1.54) is 25.7 Å². The van der Waals surface area contributed by atoms with E-state index >= 15 is 0 Å². The number of hydrogen-bond donors (Lipinski definition) is 1. The summed E-state index contributed by atoms with van der Waals surface area (Å²) < 4.78 is 5.36. The Morgan fingerprint density at radius 1 is 1.15 bits per heavy atom. The molecule has 0 radical (unpaired) electrons. The van der Waals surface area contributed by atoms with Gasteiger partial charge in [-0.25, -0.2) is 0 Å². The number of hydrogen-bond acceptors (Lipinski definition) is 4. The zero-order valence-electron chi connectivity index (χ0n) is 13.2. The molecule has 1 aromatic heterocycles. The van der Waals surface area contributed by atoms with Gasteiger partial charge in [-0.2, -0.15) is 4.98 Å². The lowest BCUT2D eigenvalue weighted by Crippen LogP contribution is -2.25. The third-order valence-electron chi connectivity index (χ3n) is 4.65. The van der Waals surface area contributed by atoms with E-state index in [4.69, 9.17) is 10.3 Å². The van der Waals surface area contributed by atoms with Gasteiger partial charge in [-0.1, -0.05) is 25.9 Å². The molecule has 2 rings (SSSR count). The Kier molecular flexibility index (Phi) is 5.19. The molecule has 4 heteroatoms. The van der Waals surface area contributed by atoms with Gasteiger partial charge < -0.3 is 10.3 Å². The van der Waals surface area contributed by atoms with E-state index in [1.54, 1.807) is 0 Å².